The van der Waals surface area contributed by atoms with Gasteiger partial charge in [-0.1, -0.05) is 39.7 Å². The molecule has 4 heteroatoms. The van der Waals surface area contributed by atoms with E-state index in [2.05, 4.69) is 46.1 Å². The summed E-state index contributed by atoms with van der Waals surface area (Å²) >= 11 is 9.52. The van der Waals surface area contributed by atoms with Crippen molar-refractivity contribution in [3.63, 3.8) is 0 Å². The van der Waals surface area contributed by atoms with Gasteiger partial charge >= 0.3 is 0 Å². The summed E-state index contributed by atoms with van der Waals surface area (Å²) in [6.45, 7) is 1.35. The van der Waals surface area contributed by atoms with Crippen LogP contribution in [-0.4, -0.2) is 7.05 Å². The van der Waals surface area contributed by atoms with Gasteiger partial charge in [0.1, 0.15) is 0 Å². The van der Waals surface area contributed by atoms with Gasteiger partial charge in [0.15, 0.2) is 0 Å². The fourth-order valence-corrected chi connectivity index (χ4v) is 2.71. The predicted molar refractivity (Wildman–Crippen MR) is 85.6 cm³/mol. The molecule has 0 aromatic heterocycles. The molecule has 2 aromatic carbocycles. The van der Waals surface area contributed by atoms with Gasteiger partial charge in [0.25, 0.3) is 0 Å². The Morgan fingerprint density at radius 1 is 1.16 bits per heavy atom. The molecule has 0 bridgehead atoms. The summed E-state index contributed by atoms with van der Waals surface area (Å²) in [7, 11) is 2.06. The zero-order chi connectivity index (χ0) is 13.8. The molecule has 2 rings (SSSR count). The second kappa shape index (κ2) is 6.42. The van der Waals surface area contributed by atoms with Gasteiger partial charge in [0.2, 0.25) is 0 Å². The highest BCUT2D eigenvalue weighted by molar-refractivity contribution is 9.10. The van der Waals surface area contributed by atoms with Crippen LogP contribution in [0.3, 0.4) is 0 Å². The van der Waals surface area contributed by atoms with Gasteiger partial charge in [-0.15, -0.1) is 0 Å². The molecule has 0 unspecified atom stereocenters. The van der Waals surface area contributed by atoms with Crippen molar-refractivity contribution in [2.24, 2.45) is 5.73 Å². The first kappa shape index (κ1) is 14.4. The van der Waals surface area contributed by atoms with E-state index in [0.29, 0.717) is 6.54 Å². The number of halogens is 2. The van der Waals surface area contributed by atoms with E-state index in [1.54, 1.807) is 0 Å². The Kier molecular flexibility index (Phi) is 4.86. The Hall–Kier alpha value is -1.03. The van der Waals surface area contributed by atoms with Gasteiger partial charge in [-0.25, -0.2) is 0 Å². The summed E-state index contributed by atoms with van der Waals surface area (Å²) in [5.74, 6) is 0. The van der Waals surface area contributed by atoms with E-state index >= 15 is 0 Å². The first-order chi connectivity index (χ1) is 9.08. The Labute approximate surface area is 127 Å². The minimum atomic E-state index is 0.539. The van der Waals surface area contributed by atoms with E-state index in [9.17, 15) is 0 Å². The van der Waals surface area contributed by atoms with Crippen molar-refractivity contribution in [1.29, 1.82) is 0 Å². The predicted octanol–water partition coefficient (Wildman–Crippen LogP) is 4.20. The Bertz CT molecular complexity index is 572. The zero-order valence-electron chi connectivity index (χ0n) is 10.7. The summed E-state index contributed by atoms with van der Waals surface area (Å²) < 4.78 is 1.04. The molecule has 0 saturated heterocycles. The summed E-state index contributed by atoms with van der Waals surface area (Å²) in [4.78, 5) is 2.18. The van der Waals surface area contributed by atoms with Gasteiger partial charge in [-0.05, 0) is 41.5 Å². The van der Waals surface area contributed by atoms with Crippen molar-refractivity contribution in [1.82, 2.24) is 0 Å². The van der Waals surface area contributed by atoms with Crippen LogP contribution in [0.25, 0.3) is 0 Å². The summed E-state index contributed by atoms with van der Waals surface area (Å²) in [6, 6.07) is 14.1. The number of anilines is 1. The van der Waals surface area contributed by atoms with Crippen LogP contribution in [0.5, 0.6) is 0 Å². The van der Waals surface area contributed by atoms with Crippen molar-refractivity contribution in [2.45, 2.75) is 13.1 Å². The maximum absolute atomic E-state index is 6.00. The molecule has 2 N–H and O–H groups in total. The number of rotatable bonds is 4. The normalized spacial score (nSPS) is 10.5. The highest BCUT2D eigenvalue weighted by atomic mass is 79.9. The lowest BCUT2D eigenvalue weighted by molar-refractivity contribution is 0.918. The summed E-state index contributed by atoms with van der Waals surface area (Å²) in [6.07, 6.45) is 0. The molecule has 0 heterocycles. The monoisotopic (exact) mass is 338 g/mol. The maximum Gasteiger partial charge on any atom is 0.0426 e. The van der Waals surface area contributed by atoms with Crippen LogP contribution in [-0.2, 0) is 13.1 Å². The quantitative estimate of drug-likeness (QED) is 0.904. The van der Waals surface area contributed by atoms with Gasteiger partial charge in [0, 0.05) is 35.3 Å². The van der Waals surface area contributed by atoms with Crippen LogP contribution in [0.15, 0.2) is 46.9 Å². The van der Waals surface area contributed by atoms with Crippen molar-refractivity contribution < 1.29 is 0 Å². The molecule has 0 fully saturated rings. The maximum atomic E-state index is 6.00. The van der Waals surface area contributed by atoms with E-state index in [1.807, 2.05) is 24.3 Å². The van der Waals surface area contributed by atoms with E-state index in [1.165, 1.54) is 5.56 Å². The van der Waals surface area contributed by atoms with Crippen LogP contribution < -0.4 is 10.6 Å². The molecule has 0 amide bonds. The first-order valence-electron chi connectivity index (χ1n) is 6.03. The van der Waals surface area contributed by atoms with Crippen molar-refractivity contribution in [2.75, 3.05) is 11.9 Å². The van der Waals surface area contributed by atoms with Crippen molar-refractivity contribution >= 4 is 33.2 Å². The van der Waals surface area contributed by atoms with Crippen LogP contribution in [0.2, 0.25) is 5.02 Å². The fourth-order valence-electron chi connectivity index (χ4n) is 1.97. The van der Waals surface area contributed by atoms with Crippen LogP contribution in [0.4, 0.5) is 5.69 Å². The molecule has 0 radical (unpaired) electrons. The molecule has 0 aliphatic rings. The van der Waals surface area contributed by atoms with Crippen molar-refractivity contribution in [3.8, 4) is 0 Å². The molecule has 2 aromatic rings. The molecular formula is C15H16BrClN2. The second-order valence-electron chi connectivity index (χ2n) is 4.51. The first-order valence-corrected chi connectivity index (χ1v) is 7.20. The lowest BCUT2D eigenvalue weighted by Crippen LogP contribution is -2.16. The molecular weight excluding hydrogens is 324 g/mol. The molecule has 19 heavy (non-hydrogen) atoms. The Balaban J connectivity index is 2.20. The topological polar surface area (TPSA) is 29.3 Å². The fraction of sp³-hybridized carbons (Fsp3) is 0.200. The van der Waals surface area contributed by atoms with E-state index in [4.69, 9.17) is 17.3 Å². The Morgan fingerprint density at radius 2 is 1.95 bits per heavy atom. The standard InChI is InChI=1S/C15H16BrClN2/c1-19(10-11-3-2-4-14(17)6-11)15-7-12(9-18)5-13(16)8-15/h2-8H,9-10,18H2,1H3. The number of nitrogens with zero attached hydrogens (tertiary/aromatic N) is 1. The third kappa shape index (κ3) is 3.96. The number of nitrogens with two attached hydrogens (primary N) is 1. The average molecular weight is 340 g/mol. The average Bonchev–Trinajstić information content (AvgIpc) is 2.38. The SMILES string of the molecule is CN(Cc1cccc(Cl)c1)c1cc(Br)cc(CN)c1. The van der Waals surface area contributed by atoms with Crippen LogP contribution in [0, 0.1) is 0 Å². The second-order valence-corrected chi connectivity index (χ2v) is 5.86. The highest BCUT2D eigenvalue weighted by Gasteiger charge is 2.05. The van der Waals surface area contributed by atoms with Crippen molar-refractivity contribution in [3.05, 3.63) is 63.1 Å². The third-order valence-electron chi connectivity index (χ3n) is 2.93. The van der Waals surface area contributed by atoms with Crippen LogP contribution in [0.1, 0.15) is 11.1 Å². The van der Waals surface area contributed by atoms with Gasteiger partial charge < -0.3 is 10.6 Å². The highest BCUT2D eigenvalue weighted by Crippen LogP contribution is 2.23. The number of hydrogen-bond acceptors (Lipinski definition) is 2. The largest absolute Gasteiger partial charge is 0.370 e. The van der Waals surface area contributed by atoms with E-state index < -0.39 is 0 Å². The van der Waals surface area contributed by atoms with Gasteiger partial charge in [-0.2, -0.15) is 0 Å². The number of hydrogen-bond donors (Lipinski definition) is 1. The summed E-state index contributed by atoms with van der Waals surface area (Å²) in [5, 5.41) is 0.766. The van der Waals surface area contributed by atoms with Gasteiger partial charge in [-0.3, -0.25) is 0 Å². The van der Waals surface area contributed by atoms with E-state index in [0.717, 1.165) is 27.3 Å². The lowest BCUT2D eigenvalue weighted by Gasteiger charge is -2.20. The number of benzene rings is 2. The van der Waals surface area contributed by atoms with Crippen LogP contribution >= 0.6 is 27.5 Å². The molecule has 0 atom stereocenters. The lowest BCUT2D eigenvalue weighted by atomic mass is 10.1. The summed E-state index contributed by atoms with van der Waals surface area (Å²) in [5.41, 5.74) is 9.14. The minimum absolute atomic E-state index is 0.539. The molecule has 2 nitrogen and oxygen atoms in total. The molecule has 0 aliphatic heterocycles. The zero-order valence-corrected chi connectivity index (χ0v) is 13.1. The smallest absolute Gasteiger partial charge is 0.0426 e. The van der Waals surface area contributed by atoms with Gasteiger partial charge in [0.05, 0.1) is 0 Å². The third-order valence-corrected chi connectivity index (χ3v) is 3.62. The molecule has 0 spiro atoms. The molecule has 100 valence electrons. The minimum Gasteiger partial charge on any atom is -0.370 e. The van der Waals surface area contributed by atoms with E-state index in [-0.39, 0.29) is 0 Å². The Morgan fingerprint density at radius 3 is 2.63 bits per heavy atom. The molecule has 0 saturated carbocycles. The molecule has 0 aliphatic carbocycles.